The number of hydrogen-bond acceptors (Lipinski definition) is 4. The lowest BCUT2D eigenvalue weighted by Crippen LogP contribution is -2.34. The van der Waals surface area contributed by atoms with Crippen molar-refractivity contribution in [1.29, 1.82) is 0 Å². The number of amides is 1. The van der Waals surface area contributed by atoms with Crippen molar-refractivity contribution in [3.8, 4) is 0 Å². The van der Waals surface area contributed by atoms with Gasteiger partial charge in [0, 0.05) is 25.7 Å². The van der Waals surface area contributed by atoms with Gasteiger partial charge in [-0.05, 0) is 50.2 Å². The molecule has 0 unspecified atom stereocenters. The SMILES string of the molecule is CN(C)S(=O)(=O)c1ccc(NC(=O)C2CCNCC2)cc1. The second-order valence-corrected chi connectivity index (χ2v) is 7.48. The largest absolute Gasteiger partial charge is 0.326 e. The lowest BCUT2D eigenvalue weighted by atomic mass is 9.97. The highest BCUT2D eigenvalue weighted by atomic mass is 32.2. The smallest absolute Gasteiger partial charge is 0.242 e. The molecule has 0 radical (unpaired) electrons. The van der Waals surface area contributed by atoms with Crippen LogP contribution in [0.3, 0.4) is 0 Å². The molecule has 6 nitrogen and oxygen atoms in total. The summed E-state index contributed by atoms with van der Waals surface area (Å²) in [5, 5.41) is 6.06. The van der Waals surface area contributed by atoms with Gasteiger partial charge in [0.1, 0.15) is 0 Å². The fourth-order valence-corrected chi connectivity index (χ4v) is 3.15. The van der Waals surface area contributed by atoms with Crippen LogP contribution in [0, 0.1) is 5.92 Å². The van der Waals surface area contributed by atoms with Crippen molar-refractivity contribution >= 4 is 21.6 Å². The highest BCUT2D eigenvalue weighted by Crippen LogP contribution is 2.19. The zero-order valence-electron chi connectivity index (χ0n) is 12.3. The Bertz CT molecular complexity index is 590. The molecule has 1 saturated heterocycles. The molecule has 1 fully saturated rings. The van der Waals surface area contributed by atoms with Crippen LogP contribution >= 0.6 is 0 Å². The van der Waals surface area contributed by atoms with E-state index in [9.17, 15) is 13.2 Å². The summed E-state index contributed by atoms with van der Waals surface area (Å²) in [6, 6.07) is 6.26. The van der Waals surface area contributed by atoms with E-state index in [-0.39, 0.29) is 16.7 Å². The van der Waals surface area contributed by atoms with E-state index < -0.39 is 10.0 Å². The number of rotatable bonds is 4. The fraction of sp³-hybridized carbons (Fsp3) is 0.500. The van der Waals surface area contributed by atoms with Crippen LogP contribution in [0.1, 0.15) is 12.8 Å². The van der Waals surface area contributed by atoms with Crippen molar-refractivity contribution in [1.82, 2.24) is 9.62 Å². The van der Waals surface area contributed by atoms with Gasteiger partial charge in [0.05, 0.1) is 4.90 Å². The van der Waals surface area contributed by atoms with Crippen LogP contribution in [0.5, 0.6) is 0 Å². The summed E-state index contributed by atoms with van der Waals surface area (Å²) >= 11 is 0. The molecular formula is C14H21N3O3S. The molecular weight excluding hydrogens is 290 g/mol. The van der Waals surface area contributed by atoms with E-state index in [0.29, 0.717) is 5.69 Å². The van der Waals surface area contributed by atoms with Gasteiger partial charge in [0.15, 0.2) is 0 Å². The van der Waals surface area contributed by atoms with Crippen molar-refractivity contribution in [2.24, 2.45) is 5.92 Å². The molecule has 2 rings (SSSR count). The molecule has 1 aliphatic heterocycles. The number of nitrogens with zero attached hydrogens (tertiary/aromatic N) is 1. The molecule has 7 heteroatoms. The minimum atomic E-state index is -3.43. The van der Waals surface area contributed by atoms with Crippen molar-refractivity contribution in [2.75, 3.05) is 32.5 Å². The Kier molecular flexibility index (Phi) is 4.97. The molecule has 2 N–H and O–H groups in total. The number of nitrogens with one attached hydrogen (secondary N) is 2. The molecule has 21 heavy (non-hydrogen) atoms. The van der Waals surface area contributed by atoms with Crippen LogP contribution in [-0.2, 0) is 14.8 Å². The predicted molar refractivity (Wildman–Crippen MR) is 81.5 cm³/mol. The first-order valence-corrected chi connectivity index (χ1v) is 8.39. The molecule has 1 heterocycles. The summed E-state index contributed by atoms with van der Waals surface area (Å²) in [5.41, 5.74) is 0.622. The molecule has 0 aromatic heterocycles. The van der Waals surface area contributed by atoms with Crippen molar-refractivity contribution in [3.05, 3.63) is 24.3 Å². The number of sulfonamides is 1. The third-order valence-electron chi connectivity index (χ3n) is 3.61. The maximum atomic E-state index is 12.1. The minimum absolute atomic E-state index is 0.000262. The van der Waals surface area contributed by atoms with Gasteiger partial charge in [-0.2, -0.15) is 0 Å². The van der Waals surface area contributed by atoms with Crippen LogP contribution < -0.4 is 10.6 Å². The van der Waals surface area contributed by atoms with Gasteiger partial charge >= 0.3 is 0 Å². The Hall–Kier alpha value is -1.44. The van der Waals surface area contributed by atoms with E-state index in [1.807, 2.05) is 0 Å². The van der Waals surface area contributed by atoms with Gasteiger partial charge in [-0.3, -0.25) is 4.79 Å². The first-order valence-electron chi connectivity index (χ1n) is 6.95. The lowest BCUT2D eigenvalue weighted by Gasteiger charge is -2.21. The van der Waals surface area contributed by atoms with Crippen LogP contribution in [0.15, 0.2) is 29.2 Å². The van der Waals surface area contributed by atoms with Crippen molar-refractivity contribution < 1.29 is 13.2 Å². The Morgan fingerprint density at radius 1 is 1.19 bits per heavy atom. The second kappa shape index (κ2) is 6.55. The molecule has 0 atom stereocenters. The average Bonchev–Trinajstić information content (AvgIpc) is 2.48. The van der Waals surface area contributed by atoms with E-state index in [4.69, 9.17) is 0 Å². The van der Waals surface area contributed by atoms with E-state index in [1.54, 1.807) is 12.1 Å². The summed E-state index contributed by atoms with van der Waals surface area (Å²) in [6.45, 7) is 1.72. The van der Waals surface area contributed by atoms with Gasteiger partial charge < -0.3 is 10.6 Å². The van der Waals surface area contributed by atoms with Gasteiger partial charge in [-0.25, -0.2) is 12.7 Å². The van der Waals surface area contributed by atoms with Gasteiger partial charge in [0.25, 0.3) is 0 Å². The molecule has 1 aromatic carbocycles. The van der Waals surface area contributed by atoms with Crippen LogP contribution in [0.25, 0.3) is 0 Å². The highest BCUT2D eigenvalue weighted by molar-refractivity contribution is 7.89. The van der Waals surface area contributed by atoms with Gasteiger partial charge in [-0.15, -0.1) is 0 Å². The Morgan fingerprint density at radius 2 is 1.76 bits per heavy atom. The lowest BCUT2D eigenvalue weighted by molar-refractivity contribution is -0.120. The molecule has 1 aliphatic rings. The Morgan fingerprint density at radius 3 is 2.29 bits per heavy atom. The maximum Gasteiger partial charge on any atom is 0.242 e. The summed E-state index contributed by atoms with van der Waals surface area (Å²) in [4.78, 5) is 12.3. The third kappa shape index (κ3) is 3.81. The van der Waals surface area contributed by atoms with E-state index in [0.717, 1.165) is 30.2 Å². The summed E-state index contributed by atoms with van der Waals surface area (Å²) < 4.78 is 25.1. The molecule has 0 bridgehead atoms. The Labute approximate surface area is 125 Å². The monoisotopic (exact) mass is 311 g/mol. The summed E-state index contributed by atoms with van der Waals surface area (Å²) in [5.74, 6) is 0.0242. The number of carbonyl (C=O) groups is 1. The zero-order chi connectivity index (χ0) is 15.5. The topological polar surface area (TPSA) is 78.5 Å². The van der Waals surface area contributed by atoms with E-state index >= 15 is 0 Å². The molecule has 0 aliphatic carbocycles. The summed E-state index contributed by atoms with van der Waals surface area (Å²) in [7, 11) is -0.454. The molecule has 0 saturated carbocycles. The maximum absolute atomic E-state index is 12.1. The number of anilines is 1. The third-order valence-corrected chi connectivity index (χ3v) is 5.44. The van der Waals surface area contributed by atoms with Gasteiger partial charge in [-0.1, -0.05) is 0 Å². The first kappa shape index (κ1) is 15.9. The second-order valence-electron chi connectivity index (χ2n) is 5.33. The molecule has 0 spiro atoms. The average molecular weight is 311 g/mol. The molecule has 1 amide bonds. The zero-order valence-corrected chi connectivity index (χ0v) is 13.1. The normalized spacial score (nSPS) is 16.9. The number of benzene rings is 1. The van der Waals surface area contributed by atoms with E-state index in [1.165, 1.54) is 26.2 Å². The summed E-state index contributed by atoms with van der Waals surface area (Å²) in [6.07, 6.45) is 1.66. The van der Waals surface area contributed by atoms with Crippen LogP contribution in [0.4, 0.5) is 5.69 Å². The molecule has 116 valence electrons. The van der Waals surface area contributed by atoms with Crippen molar-refractivity contribution in [3.63, 3.8) is 0 Å². The first-order chi connectivity index (χ1) is 9.91. The fourth-order valence-electron chi connectivity index (χ4n) is 2.25. The Balaban J connectivity index is 2.04. The quantitative estimate of drug-likeness (QED) is 0.865. The minimum Gasteiger partial charge on any atom is -0.326 e. The molecule has 1 aromatic rings. The van der Waals surface area contributed by atoms with Crippen LogP contribution in [-0.4, -0.2) is 45.8 Å². The number of piperidine rings is 1. The van der Waals surface area contributed by atoms with E-state index in [2.05, 4.69) is 10.6 Å². The van der Waals surface area contributed by atoms with Crippen molar-refractivity contribution in [2.45, 2.75) is 17.7 Å². The number of hydrogen-bond donors (Lipinski definition) is 2. The highest BCUT2D eigenvalue weighted by Gasteiger charge is 2.21. The van der Waals surface area contributed by atoms with Gasteiger partial charge in [0.2, 0.25) is 15.9 Å². The van der Waals surface area contributed by atoms with Crippen LogP contribution in [0.2, 0.25) is 0 Å². The number of carbonyl (C=O) groups excluding carboxylic acids is 1. The predicted octanol–water partition coefficient (Wildman–Crippen LogP) is 0.875. The standard InChI is InChI=1S/C14H21N3O3S/c1-17(2)21(19,20)13-5-3-12(4-6-13)16-14(18)11-7-9-15-10-8-11/h3-6,11,15H,7-10H2,1-2H3,(H,16,18).